The fraction of sp³-hybridized carbons (Fsp3) is 0.360. The summed E-state index contributed by atoms with van der Waals surface area (Å²) in [6.07, 6.45) is 4.40. The highest BCUT2D eigenvalue weighted by Crippen LogP contribution is 2.35. The number of rotatable bonds is 5. The van der Waals surface area contributed by atoms with Crippen molar-refractivity contribution >= 4 is 28.9 Å². The summed E-state index contributed by atoms with van der Waals surface area (Å²) in [5, 5.41) is 9.44. The molecule has 1 aliphatic carbocycles. The van der Waals surface area contributed by atoms with E-state index >= 15 is 0 Å². The van der Waals surface area contributed by atoms with Gasteiger partial charge < -0.3 is 9.57 Å². The summed E-state index contributed by atoms with van der Waals surface area (Å²) in [4.78, 5) is 5.72. The average molecular weight is 488 g/mol. The van der Waals surface area contributed by atoms with Crippen LogP contribution in [0.2, 0.25) is 10.2 Å². The molecule has 5 rings (SSSR count). The zero-order valence-electron chi connectivity index (χ0n) is 18.5. The Labute approximate surface area is 202 Å². The van der Waals surface area contributed by atoms with Crippen LogP contribution in [0.4, 0.5) is 4.39 Å². The predicted molar refractivity (Wildman–Crippen MR) is 128 cm³/mol. The number of benzene rings is 2. The van der Waals surface area contributed by atoms with Crippen LogP contribution >= 0.6 is 23.2 Å². The highest BCUT2D eigenvalue weighted by molar-refractivity contribution is 6.32. The first-order chi connectivity index (χ1) is 15.8. The summed E-state index contributed by atoms with van der Waals surface area (Å²) in [6, 6.07) is 10.9. The molecular weight excluding hydrogens is 464 g/mol. The standard InChI is InChI=1S/C25H24Cl2FN3O2/c1-15-7-9-16(10-8-15)21-13-25(2,33-30-21)14-32-23-12-22(19(28)11-18(23)26)31-24(27)17-5-3-4-6-20(17)29-31/h7-12H,3-6,13-14H2,1-2H3. The Hall–Kier alpha value is -2.57. The lowest BCUT2D eigenvalue weighted by Crippen LogP contribution is -2.33. The molecular formula is C25H24Cl2FN3O2. The number of halogens is 3. The van der Waals surface area contributed by atoms with Crippen molar-refractivity contribution in [2.45, 2.75) is 51.6 Å². The quantitative estimate of drug-likeness (QED) is 0.414. The Bertz CT molecular complexity index is 1240. The van der Waals surface area contributed by atoms with Crippen molar-refractivity contribution in [3.63, 3.8) is 0 Å². The number of hydrogen-bond acceptors (Lipinski definition) is 4. The first-order valence-electron chi connectivity index (χ1n) is 11.0. The van der Waals surface area contributed by atoms with Crippen molar-refractivity contribution in [1.82, 2.24) is 9.78 Å². The summed E-state index contributed by atoms with van der Waals surface area (Å²) < 4.78 is 22.3. The summed E-state index contributed by atoms with van der Waals surface area (Å²) in [7, 11) is 0. The Morgan fingerprint density at radius 1 is 1.15 bits per heavy atom. The van der Waals surface area contributed by atoms with E-state index in [9.17, 15) is 4.39 Å². The predicted octanol–water partition coefficient (Wildman–Crippen LogP) is 6.47. The summed E-state index contributed by atoms with van der Waals surface area (Å²) in [5.74, 6) is -0.173. The van der Waals surface area contributed by atoms with Gasteiger partial charge in [0.2, 0.25) is 0 Å². The third kappa shape index (κ3) is 4.34. The van der Waals surface area contributed by atoms with Gasteiger partial charge in [0.1, 0.15) is 23.2 Å². The molecule has 0 amide bonds. The van der Waals surface area contributed by atoms with Gasteiger partial charge in [0, 0.05) is 18.1 Å². The third-order valence-electron chi connectivity index (χ3n) is 6.16. The second-order valence-corrected chi connectivity index (χ2v) is 9.74. The van der Waals surface area contributed by atoms with Crippen LogP contribution < -0.4 is 4.74 Å². The number of fused-ring (bicyclic) bond motifs is 1. The van der Waals surface area contributed by atoms with E-state index in [-0.39, 0.29) is 17.3 Å². The lowest BCUT2D eigenvalue weighted by Gasteiger charge is -2.22. The maximum atomic E-state index is 14.8. The molecule has 1 atom stereocenters. The number of oxime groups is 1. The van der Waals surface area contributed by atoms with Crippen molar-refractivity contribution in [1.29, 1.82) is 0 Å². The summed E-state index contributed by atoms with van der Waals surface area (Å²) in [6.45, 7) is 4.16. The zero-order valence-corrected chi connectivity index (χ0v) is 20.0. The van der Waals surface area contributed by atoms with Gasteiger partial charge in [0.05, 0.1) is 16.4 Å². The minimum Gasteiger partial charge on any atom is -0.488 e. The van der Waals surface area contributed by atoms with E-state index in [1.807, 2.05) is 38.1 Å². The molecule has 33 heavy (non-hydrogen) atoms. The fourth-order valence-corrected chi connectivity index (χ4v) is 4.80. The van der Waals surface area contributed by atoms with Gasteiger partial charge in [-0.3, -0.25) is 0 Å². The molecule has 0 saturated carbocycles. The molecule has 1 aromatic heterocycles. The van der Waals surface area contributed by atoms with E-state index in [2.05, 4.69) is 10.3 Å². The van der Waals surface area contributed by atoms with Gasteiger partial charge in [0.15, 0.2) is 11.4 Å². The second kappa shape index (κ2) is 8.65. The lowest BCUT2D eigenvalue weighted by molar-refractivity contribution is -0.0356. The van der Waals surface area contributed by atoms with Gasteiger partial charge in [-0.25, -0.2) is 9.07 Å². The molecule has 0 N–H and O–H groups in total. The second-order valence-electron chi connectivity index (χ2n) is 8.98. The number of ether oxygens (including phenoxy) is 1. The molecule has 5 nitrogen and oxygen atoms in total. The van der Waals surface area contributed by atoms with Crippen molar-refractivity contribution in [2.24, 2.45) is 5.16 Å². The van der Waals surface area contributed by atoms with Gasteiger partial charge in [-0.15, -0.1) is 0 Å². The summed E-state index contributed by atoms with van der Waals surface area (Å²) >= 11 is 12.9. The first kappa shape index (κ1) is 22.2. The van der Waals surface area contributed by atoms with Crippen LogP contribution in [-0.4, -0.2) is 27.7 Å². The molecule has 8 heteroatoms. The molecule has 0 spiro atoms. The number of aryl methyl sites for hydroxylation is 2. The van der Waals surface area contributed by atoms with Crippen molar-refractivity contribution in [3.05, 3.63) is 74.8 Å². The molecule has 0 fully saturated rings. The van der Waals surface area contributed by atoms with Crippen LogP contribution in [0.3, 0.4) is 0 Å². The van der Waals surface area contributed by atoms with Crippen LogP contribution in [0.15, 0.2) is 41.6 Å². The zero-order chi connectivity index (χ0) is 23.2. The normalized spacial score (nSPS) is 19.7. The van der Waals surface area contributed by atoms with E-state index in [1.165, 1.54) is 16.3 Å². The minimum absolute atomic E-state index is 0.172. The van der Waals surface area contributed by atoms with Crippen LogP contribution in [0.1, 0.15) is 48.6 Å². The molecule has 2 aromatic carbocycles. The van der Waals surface area contributed by atoms with Crippen LogP contribution in [0.5, 0.6) is 5.75 Å². The molecule has 2 aliphatic rings. The average Bonchev–Trinajstić information content (AvgIpc) is 3.35. The highest BCUT2D eigenvalue weighted by Gasteiger charge is 2.36. The molecule has 2 heterocycles. The maximum absolute atomic E-state index is 14.8. The van der Waals surface area contributed by atoms with E-state index in [0.717, 1.165) is 48.2 Å². The number of aromatic nitrogens is 2. The van der Waals surface area contributed by atoms with Gasteiger partial charge in [-0.2, -0.15) is 5.10 Å². The molecule has 1 aliphatic heterocycles. The Balaban J connectivity index is 1.35. The summed E-state index contributed by atoms with van der Waals surface area (Å²) in [5.41, 5.74) is 4.53. The highest BCUT2D eigenvalue weighted by atomic mass is 35.5. The van der Waals surface area contributed by atoms with Crippen LogP contribution in [0, 0.1) is 12.7 Å². The maximum Gasteiger partial charge on any atom is 0.174 e. The SMILES string of the molecule is Cc1ccc(C2=NOC(C)(COc3cc(-n4nc5c(c4Cl)CCCC5)c(F)cc3Cl)C2)cc1. The monoisotopic (exact) mass is 487 g/mol. The van der Waals surface area contributed by atoms with Gasteiger partial charge in [-0.05, 0) is 51.2 Å². The largest absolute Gasteiger partial charge is 0.488 e. The van der Waals surface area contributed by atoms with E-state index in [4.69, 9.17) is 32.8 Å². The molecule has 1 unspecified atom stereocenters. The topological polar surface area (TPSA) is 48.6 Å². The van der Waals surface area contributed by atoms with Gasteiger partial charge in [0.25, 0.3) is 0 Å². The van der Waals surface area contributed by atoms with Crippen LogP contribution in [-0.2, 0) is 17.7 Å². The Morgan fingerprint density at radius 3 is 2.67 bits per heavy atom. The molecule has 172 valence electrons. The minimum atomic E-state index is -0.666. The number of nitrogens with zero attached hydrogens (tertiary/aromatic N) is 3. The van der Waals surface area contributed by atoms with E-state index in [1.54, 1.807) is 6.07 Å². The van der Waals surface area contributed by atoms with E-state index < -0.39 is 11.4 Å². The molecule has 3 aromatic rings. The Kier molecular flexibility index (Phi) is 5.83. The third-order valence-corrected chi connectivity index (χ3v) is 6.84. The molecule has 0 saturated heterocycles. The first-order valence-corrected chi connectivity index (χ1v) is 11.8. The van der Waals surface area contributed by atoms with Crippen molar-refractivity contribution in [2.75, 3.05) is 6.61 Å². The molecule has 0 radical (unpaired) electrons. The van der Waals surface area contributed by atoms with Gasteiger partial charge in [-0.1, -0.05) is 58.2 Å². The van der Waals surface area contributed by atoms with Gasteiger partial charge >= 0.3 is 0 Å². The van der Waals surface area contributed by atoms with Crippen molar-refractivity contribution < 1.29 is 14.0 Å². The Morgan fingerprint density at radius 2 is 1.91 bits per heavy atom. The van der Waals surface area contributed by atoms with E-state index in [0.29, 0.717) is 17.3 Å². The fourth-order valence-electron chi connectivity index (χ4n) is 4.26. The molecule has 0 bridgehead atoms. The number of hydrogen-bond donors (Lipinski definition) is 0. The van der Waals surface area contributed by atoms with Crippen molar-refractivity contribution in [3.8, 4) is 11.4 Å². The van der Waals surface area contributed by atoms with Crippen LogP contribution in [0.25, 0.3) is 5.69 Å². The lowest BCUT2D eigenvalue weighted by atomic mass is 9.96. The smallest absolute Gasteiger partial charge is 0.174 e.